The minimum atomic E-state index is 1.11. The molecule has 2 aromatic rings. The van der Waals surface area contributed by atoms with Crippen LogP contribution in [0.25, 0.3) is 11.0 Å². The highest BCUT2D eigenvalue weighted by Gasteiger charge is 2.05. The molecule has 0 amide bonds. The Morgan fingerprint density at radius 3 is 2.09 bits per heavy atom. The predicted molar refractivity (Wildman–Crippen MR) is 96.3 cm³/mol. The van der Waals surface area contributed by atoms with Crippen molar-refractivity contribution in [2.75, 3.05) is 0 Å². The summed E-state index contributed by atoms with van der Waals surface area (Å²) in [6.07, 6.45) is 13.9. The molecule has 0 spiro atoms. The average Bonchev–Trinajstić information content (AvgIpc) is 2.85. The number of nitrogens with zero attached hydrogens (tertiary/aromatic N) is 2. The van der Waals surface area contributed by atoms with E-state index in [4.69, 9.17) is 0 Å². The summed E-state index contributed by atoms with van der Waals surface area (Å²) in [5.74, 6) is 1.15. The van der Waals surface area contributed by atoms with E-state index in [1.165, 1.54) is 69.7 Å². The Balaban J connectivity index is 1.59. The first-order chi connectivity index (χ1) is 10.8. The van der Waals surface area contributed by atoms with Gasteiger partial charge in [0, 0.05) is 6.54 Å². The Kier molecular flexibility index (Phi) is 7.48. The van der Waals surface area contributed by atoms with Crippen molar-refractivity contribution >= 4 is 11.0 Å². The van der Waals surface area contributed by atoms with Gasteiger partial charge >= 0.3 is 0 Å². The fourth-order valence-electron chi connectivity index (χ4n) is 3.24. The van der Waals surface area contributed by atoms with E-state index in [0.717, 1.165) is 17.9 Å². The van der Waals surface area contributed by atoms with Crippen molar-refractivity contribution < 1.29 is 0 Å². The van der Waals surface area contributed by atoms with Gasteiger partial charge in [0.2, 0.25) is 0 Å². The lowest BCUT2D eigenvalue weighted by atomic mass is 10.1. The number of fused-ring (bicyclic) bond motifs is 1. The molecule has 0 fully saturated rings. The number of hydrogen-bond acceptors (Lipinski definition) is 1. The van der Waals surface area contributed by atoms with E-state index in [0.29, 0.717) is 0 Å². The lowest BCUT2D eigenvalue weighted by molar-refractivity contribution is 0.535. The van der Waals surface area contributed by atoms with Crippen LogP contribution in [0, 0.1) is 6.92 Å². The van der Waals surface area contributed by atoms with Gasteiger partial charge in [-0.2, -0.15) is 0 Å². The maximum absolute atomic E-state index is 4.64. The molecule has 0 aliphatic rings. The van der Waals surface area contributed by atoms with Gasteiger partial charge in [-0.1, -0.05) is 76.8 Å². The van der Waals surface area contributed by atoms with Gasteiger partial charge in [-0.3, -0.25) is 0 Å². The third-order valence-electron chi connectivity index (χ3n) is 4.58. The van der Waals surface area contributed by atoms with E-state index in [1.807, 2.05) is 0 Å². The average molecular weight is 300 g/mol. The molecule has 122 valence electrons. The van der Waals surface area contributed by atoms with E-state index < -0.39 is 0 Å². The van der Waals surface area contributed by atoms with Crippen LogP contribution in [-0.4, -0.2) is 9.55 Å². The maximum atomic E-state index is 4.64. The molecule has 0 aliphatic carbocycles. The van der Waals surface area contributed by atoms with Gasteiger partial charge in [-0.05, 0) is 25.5 Å². The Morgan fingerprint density at radius 1 is 0.818 bits per heavy atom. The molecule has 1 aromatic carbocycles. The van der Waals surface area contributed by atoms with Crippen LogP contribution in [0.5, 0.6) is 0 Å². The van der Waals surface area contributed by atoms with Crippen molar-refractivity contribution in [2.45, 2.75) is 84.6 Å². The van der Waals surface area contributed by atoms with Crippen LogP contribution in [0.1, 0.15) is 77.0 Å². The largest absolute Gasteiger partial charge is 0.328 e. The molecule has 2 nitrogen and oxygen atoms in total. The molecule has 0 saturated carbocycles. The lowest BCUT2D eigenvalue weighted by Crippen LogP contribution is -2.00. The zero-order chi connectivity index (χ0) is 15.6. The van der Waals surface area contributed by atoms with Crippen LogP contribution in [0.15, 0.2) is 24.3 Å². The first kappa shape index (κ1) is 17.1. The Morgan fingerprint density at radius 2 is 1.41 bits per heavy atom. The fourth-order valence-corrected chi connectivity index (χ4v) is 3.24. The van der Waals surface area contributed by atoms with E-state index >= 15 is 0 Å². The maximum Gasteiger partial charge on any atom is 0.106 e. The summed E-state index contributed by atoms with van der Waals surface area (Å²) < 4.78 is 2.38. The summed E-state index contributed by atoms with van der Waals surface area (Å²) >= 11 is 0. The smallest absolute Gasteiger partial charge is 0.106 e. The summed E-state index contributed by atoms with van der Waals surface area (Å²) in [5.41, 5.74) is 2.42. The van der Waals surface area contributed by atoms with Crippen molar-refractivity contribution in [1.29, 1.82) is 0 Å². The molecule has 0 N–H and O–H groups in total. The van der Waals surface area contributed by atoms with Crippen LogP contribution in [0.3, 0.4) is 0 Å². The number of hydrogen-bond donors (Lipinski definition) is 0. The van der Waals surface area contributed by atoms with Crippen LogP contribution in [0.4, 0.5) is 0 Å². The molecule has 0 radical (unpaired) electrons. The van der Waals surface area contributed by atoms with Gasteiger partial charge in [-0.15, -0.1) is 0 Å². The highest BCUT2D eigenvalue weighted by Crippen LogP contribution is 2.17. The van der Waals surface area contributed by atoms with Crippen molar-refractivity contribution in [1.82, 2.24) is 9.55 Å². The zero-order valence-corrected chi connectivity index (χ0v) is 14.5. The van der Waals surface area contributed by atoms with Crippen molar-refractivity contribution in [3.63, 3.8) is 0 Å². The van der Waals surface area contributed by atoms with E-state index in [-0.39, 0.29) is 0 Å². The van der Waals surface area contributed by atoms with E-state index in [2.05, 4.69) is 47.7 Å². The molecule has 0 atom stereocenters. The molecule has 0 bridgehead atoms. The van der Waals surface area contributed by atoms with Crippen molar-refractivity contribution in [3.05, 3.63) is 30.1 Å². The minimum Gasteiger partial charge on any atom is -0.328 e. The number of imidazole rings is 1. The zero-order valence-electron chi connectivity index (χ0n) is 14.5. The van der Waals surface area contributed by atoms with Gasteiger partial charge < -0.3 is 4.57 Å². The second-order valence-electron chi connectivity index (χ2n) is 6.48. The highest BCUT2D eigenvalue weighted by molar-refractivity contribution is 5.75. The standard InChI is InChI=1S/C20H32N2/c1-3-4-5-6-7-8-9-10-11-14-17-22-18(2)21-19-15-12-13-16-20(19)22/h12-13,15-16H,3-11,14,17H2,1-2H3. The molecular formula is C20H32N2. The number of rotatable bonds is 11. The van der Waals surface area contributed by atoms with Gasteiger partial charge in [-0.25, -0.2) is 4.98 Å². The summed E-state index contributed by atoms with van der Waals surface area (Å²) in [6.45, 7) is 5.52. The van der Waals surface area contributed by atoms with Crippen LogP contribution in [-0.2, 0) is 6.54 Å². The van der Waals surface area contributed by atoms with Crippen LogP contribution in [0.2, 0.25) is 0 Å². The summed E-state index contributed by atoms with van der Waals surface area (Å²) in [5, 5.41) is 0. The Bertz CT molecular complexity index is 542. The molecular weight excluding hydrogens is 268 g/mol. The number of benzene rings is 1. The fraction of sp³-hybridized carbons (Fsp3) is 0.650. The van der Waals surface area contributed by atoms with E-state index in [9.17, 15) is 0 Å². The molecule has 1 aromatic heterocycles. The molecule has 0 aliphatic heterocycles. The first-order valence-electron chi connectivity index (χ1n) is 9.25. The summed E-state index contributed by atoms with van der Waals surface area (Å²) in [6, 6.07) is 8.47. The number of aromatic nitrogens is 2. The van der Waals surface area contributed by atoms with Gasteiger partial charge in [0.1, 0.15) is 5.82 Å². The monoisotopic (exact) mass is 300 g/mol. The van der Waals surface area contributed by atoms with Gasteiger partial charge in [0.15, 0.2) is 0 Å². The Labute approximate surface area is 135 Å². The topological polar surface area (TPSA) is 17.8 Å². The summed E-state index contributed by atoms with van der Waals surface area (Å²) in [7, 11) is 0. The third-order valence-corrected chi connectivity index (χ3v) is 4.58. The van der Waals surface area contributed by atoms with E-state index in [1.54, 1.807) is 0 Å². The quantitative estimate of drug-likeness (QED) is 0.447. The molecule has 2 rings (SSSR count). The third kappa shape index (κ3) is 5.15. The lowest BCUT2D eigenvalue weighted by Gasteiger charge is -2.07. The highest BCUT2D eigenvalue weighted by atomic mass is 15.1. The minimum absolute atomic E-state index is 1.11. The Hall–Kier alpha value is -1.31. The second-order valence-corrected chi connectivity index (χ2v) is 6.48. The van der Waals surface area contributed by atoms with Crippen LogP contribution < -0.4 is 0 Å². The number of unbranched alkanes of at least 4 members (excludes halogenated alkanes) is 9. The second kappa shape index (κ2) is 9.66. The number of aryl methyl sites for hydroxylation is 2. The van der Waals surface area contributed by atoms with Crippen molar-refractivity contribution in [2.24, 2.45) is 0 Å². The predicted octanol–water partition coefficient (Wildman–Crippen LogP) is 6.27. The van der Waals surface area contributed by atoms with Crippen LogP contribution >= 0.6 is 0 Å². The molecule has 2 heteroatoms. The number of para-hydroxylation sites is 2. The first-order valence-corrected chi connectivity index (χ1v) is 9.25. The van der Waals surface area contributed by atoms with Gasteiger partial charge in [0.25, 0.3) is 0 Å². The normalized spacial score (nSPS) is 11.4. The molecule has 0 saturated heterocycles. The molecule has 1 heterocycles. The van der Waals surface area contributed by atoms with Crippen molar-refractivity contribution in [3.8, 4) is 0 Å². The molecule has 22 heavy (non-hydrogen) atoms. The SMILES string of the molecule is CCCCCCCCCCCCn1c(C)nc2ccccc21. The van der Waals surface area contributed by atoms with Gasteiger partial charge in [0.05, 0.1) is 11.0 Å². The summed E-state index contributed by atoms with van der Waals surface area (Å²) in [4.78, 5) is 4.64. The molecule has 0 unspecified atom stereocenters.